The third kappa shape index (κ3) is 3.48. The normalized spacial score (nSPS) is 12.2. The van der Waals surface area contributed by atoms with Crippen molar-refractivity contribution in [2.45, 2.75) is 19.4 Å². The van der Waals surface area contributed by atoms with Crippen LogP contribution in [0.1, 0.15) is 30.5 Å². The zero-order valence-corrected chi connectivity index (χ0v) is 10.7. The first-order valence-electron chi connectivity index (χ1n) is 6.14. The highest BCUT2D eigenvalue weighted by molar-refractivity contribution is 5.32. The average Bonchev–Trinajstić information content (AvgIpc) is 2.44. The number of halogens is 1. The quantitative estimate of drug-likeness (QED) is 0.898. The van der Waals surface area contributed by atoms with Crippen LogP contribution < -0.4 is 10.5 Å². The summed E-state index contributed by atoms with van der Waals surface area (Å²) < 4.78 is 18.6. The molecule has 4 nitrogen and oxygen atoms in total. The molecule has 0 aromatic carbocycles. The molecule has 0 spiro atoms. The molecule has 2 aromatic heterocycles. The molecule has 0 aliphatic heterocycles. The van der Waals surface area contributed by atoms with E-state index in [1.54, 1.807) is 18.6 Å². The van der Waals surface area contributed by atoms with Gasteiger partial charge in [-0.2, -0.15) is 0 Å². The Bertz CT molecular complexity index is 548. The third-order valence-corrected chi connectivity index (χ3v) is 2.65. The van der Waals surface area contributed by atoms with Gasteiger partial charge in [0.25, 0.3) is 0 Å². The molecule has 0 amide bonds. The van der Waals surface area contributed by atoms with Crippen LogP contribution in [0.5, 0.6) is 5.75 Å². The highest BCUT2D eigenvalue weighted by atomic mass is 19.1. The minimum absolute atomic E-state index is 0.403. The van der Waals surface area contributed by atoms with Gasteiger partial charge in [-0.05, 0) is 29.7 Å². The highest BCUT2D eigenvalue weighted by Crippen LogP contribution is 2.22. The lowest BCUT2D eigenvalue weighted by Gasteiger charge is -2.13. The Balaban J connectivity index is 2.21. The summed E-state index contributed by atoms with van der Waals surface area (Å²) in [5.74, 6) is 0.262. The number of pyridine rings is 2. The van der Waals surface area contributed by atoms with Crippen LogP contribution in [-0.2, 0) is 0 Å². The van der Waals surface area contributed by atoms with E-state index >= 15 is 0 Å². The molecule has 0 saturated heterocycles. The van der Waals surface area contributed by atoms with E-state index in [9.17, 15) is 4.39 Å². The van der Waals surface area contributed by atoms with E-state index < -0.39 is 11.9 Å². The van der Waals surface area contributed by atoms with Crippen molar-refractivity contribution in [2.24, 2.45) is 5.73 Å². The minimum atomic E-state index is -0.471. The molecule has 2 N–H and O–H groups in total. The molecular formula is C14H16FN3O. The monoisotopic (exact) mass is 261 g/mol. The van der Waals surface area contributed by atoms with Gasteiger partial charge in [0.1, 0.15) is 11.6 Å². The smallest absolute Gasteiger partial charge is 0.141 e. The standard InChI is InChI=1S/C14H16FN3O/c1-2-3-19-13-5-11(7-18-9-13)14(16)10-4-12(15)8-17-6-10/h4-9,14H,2-3,16H2,1H3. The maximum Gasteiger partial charge on any atom is 0.141 e. The van der Waals surface area contributed by atoms with Crippen molar-refractivity contribution < 1.29 is 9.13 Å². The number of hydrogen-bond acceptors (Lipinski definition) is 4. The molecule has 0 bridgehead atoms. The van der Waals surface area contributed by atoms with Crippen LogP contribution >= 0.6 is 0 Å². The van der Waals surface area contributed by atoms with Crippen molar-refractivity contribution in [1.29, 1.82) is 0 Å². The van der Waals surface area contributed by atoms with E-state index in [1.807, 2.05) is 13.0 Å². The van der Waals surface area contributed by atoms with Crippen LogP contribution in [0.4, 0.5) is 4.39 Å². The second-order valence-electron chi connectivity index (χ2n) is 4.22. The Morgan fingerprint density at radius 2 is 1.84 bits per heavy atom. The van der Waals surface area contributed by atoms with Gasteiger partial charge in [0.15, 0.2) is 0 Å². The number of ether oxygens (including phenoxy) is 1. The molecule has 0 saturated carbocycles. The van der Waals surface area contributed by atoms with Crippen LogP contribution in [0.2, 0.25) is 0 Å². The van der Waals surface area contributed by atoms with Crippen molar-refractivity contribution in [3.63, 3.8) is 0 Å². The van der Waals surface area contributed by atoms with Gasteiger partial charge in [-0.15, -0.1) is 0 Å². The lowest BCUT2D eigenvalue weighted by molar-refractivity contribution is 0.315. The summed E-state index contributed by atoms with van der Waals surface area (Å²) in [5, 5.41) is 0. The Morgan fingerprint density at radius 3 is 2.53 bits per heavy atom. The molecule has 5 heteroatoms. The lowest BCUT2D eigenvalue weighted by Crippen LogP contribution is -2.13. The Morgan fingerprint density at radius 1 is 1.16 bits per heavy atom. The van der Waals surface area contributed by atoms with Crippen molar-refractivity contribution >= 4 is 0 Å². The Kier molecular flexibility index (Phi) is 4.41. The summed E-state index contributed by atoms with van der Waals surface area (Å²) in [6.07, 6.45) is 6.90. The first-order chi connectivity index (χ1) is 9.20. The number of nitrogens with zero attached hydrogens (tertiary/aromatic N) is 2. The summed E-state index contributed by atoms with van der Waals surface area (Å²) >= 11 is 0. The molecule has 1 atom stereocenters. The molecule has 100 valence electrons. The van der Waals surface area contributed by atoms with Gasteiger partial charge in [0.05, 0.1) is 25.0 Å². The first-order valence-corrected chi connectivity index (χ1v) is 6.14. The SMILES string of the molecule is CCCOc1cncc(C(N)c2cncc(F)c2)c1. The molecule has 2 aromatic rings. The second kappa shape index (κ2) is 6.24. The van der Waals surface area contributed by atoms with Crippen molar-refractivity contribution in [3.05, 3.63) is 53.9 Å². The van der Waals surface area contributed by atoms with Crippen LogP contribution in [0.15, 0.2) is 36.9 Å². The van der Waals surface area contributed by atoms with Gasteiger partial charge in [-0.25, -0.2) is 4.39 Å². The number of nitrogens with two attached hydrogens (primary N) is 1. The summed E-state index contributed by atoms with van der Waals surface area (Å²) in [4.78, 5) is 7.88. The molecule has 0 radical (unpaired) electrons. The van der Waals surface area contributed by atoms with Crippen LogP contribution in [0, 0.1) is 5.82 Å². The average molecular weight is 261 g/mol. The van der Waals surface area contributed by atoms with E-state index in [2.05, 4.69) is 9.97 Å². The maximum atomic E-state index is 13.1. The fourth-order valence-corrected chi connectivity index (χ4v) is 1.70. The molecule has 0 aliphatic rings. The summed E-state index contributed by atoms with van der Waals surface area (Å²) in [6.45, 7) is 2.66. The number of rotatable bonds is 5. The van der Waals surface area contributed by atoms with Gasteiger partial charge < -0.3 is 10.5 Å². The van der Waals surface area contributed by atoms with Gasteiger partial charge in [-0.3, -0.25) is 9.97 Å². The van der Waals surface area contributed by atoms with Gasteiger partial charge >= 0.3 is 0 Å². The molecule has 2 rings (SSSR count). The molecular weight excluding hydrogens is 245 g/mol. The van der Waals surface area contributed by atoms with Crippen LogP contribution in [0.3, 0.4) is 0 Å². The second-order valence-corrected chi connectivity index (χ2v) is 4.22. The van der Waals surface area contributed by atoms with E-state index in [0.29, 0.717) is 17.9 Å². The predicted molar refractivity (Wildman–Crippen MR) is 70.2 cm³/mol. The van der Waals surface area contributed by atoms with Gasteiger partial charge in [0, 0.05) is 12.4 Å². The zero-order chi connectivity index (χ0) is 13.7. The van der Waals surface area contributed by atoms with Crippen LogP contribution in [-0.4, -0.2) is 16.6 Å². The number of hydrogen-bond donors (Lipinski definition) is 1. The fraction of sp³-hybridized carbons (Fsp3) is 0.286. The van der Waals surface area contributed by atoms with Crippen molar-refractivity contribution in [3.8, 4) is 5.75 Å². The van der Waals surface area contributed by atoms with E-state index in [-0.39, 0.29) is 0 Å². The molecule has 0 fully saturated rings. The zero-order valence-electron chi connectivity index (χ0n) is 10.7. The number of aromatic nitrogens is 2. The van der Waals surface area contributed by atoms with Crippen molar-refractivity contribution in [2.75, 3.05) is 6.61 Å². The van der Waals surface area contributed by atoms with Crippen molar-refractivity contribution in [1.82, 2.24) is 9.97 Å². The van der Waals surface area contributed by atoms with Crippen LogP contribution in [0.25, 0.3) is 0 Å². The topological polar surface area (TPSA) is 61.0 Å². The molecule has 1 unspecified atom stereocenters. The van der Waals surface area contributed by atoms with Gasteiger partial charge in [-0.1, -0.05) is 6.92 Å². The summed E-state index contributed by atoms with van der Waals surface area (Å²) in [7, 11) is 0. The molecule has 2 heterocycles. The first kappa shape index (κ1) is 13.4. The predicted octanol–water partition coefficient (Wildman–Crippen LogP) is 2.45. The molecule has 19 heavy (non-hydrogen) atoms. The minimum Gasteiger partial charge on any atom is -0.492 e. The summed E-state index contributed by atoms with van der Waals surface area (Å²) in [6, 6.07) is 2.72. The Labute approximate surface area is 111 Å². The van der Waals surface area contributed by atoms with E-state index in [4.69, 9.17) is 10.5 Å². The summed E-state index contributed by atoms with van der Waals surface area (Å²) in [5.41, 5.74) is 7.45. The lowest BCUT2D eigenvalue weighted by atomic mass is 10.0. The fourth-order valence-electron chi connectivity index (χ4n) is 1.70. The van der Waals surface area contributed by atoms with E-state index in [0.717, 1.165) is 18.2 Å². The third-order valence-electron chi connectivity index (χ3n) is 2.65. The van der Waals surface area contributed by atoms with Gasteiger partial charge in [0.2, 0.25) is 0 Å². The highest BCUT2D eigenvalue weighted by Gasteiger charge is 2.11. The largest absolute Gasteiger partial charge is 0.492 e. The maximum absolute atomic E-state index is 13.1. The molecule has 0 aliphatic carbocycles. The Hall–Kier alpha value is -2.01. The van der Waals surface area contributed by atoms with E-state index in [1.165, 1.54) is 6.07 Å².